The molecule has 7 heteroatoms. The van der Waals surface area contributed by atoms with E-state index in [1.165, 1.54) is 23.9 Å². The number of hydrogen-bond acceptors (Lipinski definition) is 4. The second-order valence-corrected chi connectivity index (χ2v) is 8.40. The first-order valence-corrected chi connectivity index (χ1v) is 9.98. The van der Waals surface area contributed by atoms with Crippen molar-refractivity contribution in [3.05, 3.63) is 71.8 Å². The van der Waals surface area contributed by atoms with E-state index in [-0.39, 0.29) is 23.0 Å². The summed E-state index contributed by atoms with van der Waals surface area (Å²) in [5.41, 5.74) is 1.57. The monoisotopic (exact) mass is 398 g/mol. The number of nitrogens with zero attached hydrogens (tertiary/aromatic N) is 3. The first kappa shape index (κ1) is 20.1. The van der Waals surface area contributed by atoms with Crippen LogP contribution in [0.4, 0.5) is 4.39 Å². The molecule has 0 aliphatic carbocycles. The summed E-state index contributed by atoms with van der Waals surface area (Å²) < 4.78 is 15.3. The van der Waals surface area contributed by atoms with Crippen LogP contribution in [0.25, 0.3) is 5.69 Å². The number of aromatic nitrogens is 3. The molecule has 0 spiro atoms. The van der Waals surface area contributed by atoms with Gasteiger partial charge in [0.2, 0.25) is 5.91 Å². The topological polar surface area (TPSA) is 59.8 Å². The Labute approximate surface area is 168 Å². The van der Waals surface area contributed by atoms with Crippen LogP contribution in [0, 0.1) is 5.82 Å². The van der Waals surface area contributed by atoms with Crippen molar-refractivity contribution in [2.45, 2.75) is 37.9 Å². The Morgan fingerprint density at radius 1 is 1.07 bits per heavy atom. The molecule has 146 valence electrons. The lowest BCUT2D eigenvalue weighted by molar-refractivity contribution is -0.119. The highest BCUT2D eigenvalue weighted by atomic mass is 32.2. The SMILES string of the molecule is CC(C)(C)NC(=O)CSc1nnc(Cc2ccccc2)n1-c1ccc(F)cc1. The Morgan fingerprint density at radius 3 is 2.39 bits per heavy atom. The lowest BCUT2D eigenvalue weighted by atomic mass is 10.1. The lowest BCUT2D eigenvalue weighted by Gasteiger charge is -2.20. The van der Waals surface area contributed by atoms with Crippen molar-refractivity contribution in [2.24, 2.45) is 0 Å². The van der Waals surface area contributed by atoms with E-state index in [4.69, 9.17) is 0 Å². The molecule has 0 radical (unpaired) electrons. The molecule has 0 aliphatic rings. The van der Waals surface area contributed by atoms with Gasteiger partial charge in [0.25, 0.3) is 0 Å². The van der Waals surface area contributed by atoms with Crippen LogP contribution in [0.2, 0.25) is 0 Å². The molecule has 0 saturated carbocycles. The molecule has 0 saturated heterocycles. The van der Waals surface area contributed by atoms with Crippen molar-refractivity contribution in [1.29, 1.82) is 0 Å². The first-order chi connectivity index (χ1) is 13.3. The molecular formula is C21H23FN4OS. The molecule has 0 atom stereocenters. The van der Waals surface area contributed by atoms with E-state index in [0.29, 0.717) is 11.6 Å². The highest BCUT2D eigenvalue weighted by Crippen LogP contribution is 2.24. The minimum atomic E-state index is -0.305. The van der Waals surface area contributed by atoms with Gasteiger partial charge in [-0.2, -0.15) is 0 Å². The summed E-state index contributed by atoms with van der Waals surface area (Å²) in [5, 5.41) is 12.1. The fraction of sp³-hybridized carbons (Fsp3) is 0.286. The van der Waals surface area contributed by atoms with Crippen molar-refractivity contribution in [3.8, 4) is 5.69 Å². The van der Waals surface area contributed by atoms with Gasteiger partial charge in [0.15, 0.2) is 5.16 Å². The molecule has 2 aromatic carbocycles. The van der Waals surface area contributed by atoms with Crippen LogP contribution in [0.15, 0.2) is 59.8 Å². The maximum Gasteiger partial charge on any atom is 0.230 e. The number of halogens is 1. The predicted molar refractivity (Wildman–Crippen MR) is 109 cm³/mol. The van der Waals surface area contributed by atoms with Gasteiger partial charge < -0.3 is 5.32 Å². The molecule has 0 aliphatic heterocycles. The number of nitrogens with one attached hydrogen (secondary N) is 1. The van der Waals surface area contributed by atoms with Crippen molar-refractivity contribution in [3.63, 3.8) is 0 Å². The average Bonchev–Trinajstić information content (AvgIpc) is 3.03. The van der Waals surface area contributed by atoms with Crippen molar-refractivity contribution >= 4 is 17.7 Å². The Kier molecular flexibility index (Phi) is 6.14. The van der Waals surface area contributed by atoms with Crippen molar-refractivity contribution in [1.82, 2.24) is 20.1 Å². The average molecular weight is 399 g/mol. The van der Waals surface area contributed by atoms with E-state index >= 15 is 0 Å². The summed E-state index contributed by atoms with van der Waals surface area (Å²) in [6.45, 7) is 5.82. The second-order valence-electron chi connectivity index (χ2n) is 7.46. The van der Waals surface area contributed by atoms with Gasteiger partial charge in [0.1, 0.15) is 11.6 Å². The third-order valence-corrected chi connectivity index (χ3v) is 4.77. The molecule has 5 nitrogen and oxygen atoms in total. The van der Waals surface area contributed by atoms with E-state index in [2.05, 4.69) is 15.5 Å². The summed E-state index contributed by atoms with van der Waals surface area (Å²) in [6.07, 6.45) is 0.583. The summed E-state index contributed by atoms with van der Waals surface area (Å²) in [6, 6.07) is 16.1. The number of carbonyl (C=O) groups is 1. The van der Waals surface area contributed by atoms with Crippen LogP contribution in [0.3, 0.4) is 0 Å². The maximum atomic E-state index is 13.4. The molecule has 0 unspecified atom stereocenters. The van der Waals surface area contributed by atoms with E-state index in [9.17, 15) is 9.18 Å². The smallest absolute Gasteiger partial charge is 0.230 e. The van der Waals surface area contributed by atoms with Gasteiger partial charge in [-0.3, -0.25) is 9.36 Å². The minimum Gasteiger partial charge on any atom is -0.351 e. The number of hydrogen-bond donors (Lipinski definition) is 1. The first-order valence-electron chi connectivity index (χ1n) is 9.00. The van der Waals surface area contributed by atoms with Crippen LogP contribution in [0.5, 0.6) is 0 Å². The fourth-order valence-electron chi connectivity index (χ4n) is 2.72. The molecule has 0 bridgehead atoms. The van der Waals surface area contributed by atoms with Gasteiger partial charge in [-0.05, 0) is 50.6 Å². The number of benzene rings is 2. The highest BCUT2D eigenvalue weighted by Gasteiger charge is 2.18. The molecule has 1 amide bonds. The third kappa shape index (κ3) is 5.42. The van der Waals surface area contributed by atoms with Crippen molar-refractivity contribution < 1.29 is 9.18 Å². The zero-order chi connectivity index (χ0) is 20.1. The van der Waals surface area contributed by atoms with Gasteiger partial charge in [-0.1, -0.05) is 42.1 Å². The number of carbonyl (C=O) groups excluding carboxylic acids is 1. The Morgan fingerprint density at radius 2 is 1.75 bits per heavy atom. The van der Waals surface area contributed by atoms with Crippen LogP contribution >= 0.6 is 11.8 Å². The fourth-order valence-corrected chi connectivity index (χ4v) is 3.49. The largest absolute Gasteiger partial charge is 0.351 e. The van der Waals surface area contributed by atoms with Gasteiger partial charge in [0.05, 0.1) is 5.75 Å². The highest BCUT2D eigenvalue weighted by molar-refractivity contribution is 7.99. The molecule has 3 aromatic rings. The summed E-state index contributed by atoms with van der Waals surface area (Å²) in [7, 11) is 0. The summed E-state index contributed by atoms with van der Waals surface area (Å²) >= 11 is 1.31. The molecule has 3 rings (SSSR count). The van der Waals surface area contributed by atoms with Crippen LogP contribution in [-0.4, -0.2) is 32.0 Å². The number of amides is 1. The van der Waals surface area contributed by atoms with Crippen LogP contribution in [-0.2, 0) is 11.2 Å². The Balaban J connectivity index is 1.87. The normalized spacial score (nSPS) is 11.4. The molecule has 1 aromatic heterocycles. The van der Waals surface area contributed by atoms with Crippen LogP contribution in [0.1, 0.15) is 32.2 Å². The van der Waals surface area contributed by atoms with E-state index in [1.54, 1.807) is 12.1 Å². The molecule has 1 N–H and O–H groups in total. The lowest BCUT2D eigenvalue weighted by Crippen LogP contribution is -2.41. The zero-order valence-electron chi connectivity index (χ0n) is 16.1. The second kappa shape index (κ2) is 8.56. The van der Waals surface area contributed by atoms with E-state index in [1.807, 2.05) is 55.7 Å². The van der Waals surface area contributed by atoms with Gasteiger partial charge >= 0.3 is 0 Å². The quantitative estimate of drug-likeness (QED) is 0.638. The van der Waals surface area contributed by atoms with Gasteiger partial charge in [-0.25, -0.2) is 4.39 Å². The minimum absolute atomic E-state index is 0.0734. The standard InChI is InChI=1S/C21H23FN4OS/c1-21(2,3)23-19(27)14-28-20-25-24-18(13-15-7-5-4-6-8-15)26(20)17-11-9-16(22)10-12-17/h4-12H,13-14H2,1-3H3,(H,23,27). The summed E-state index contributed by atoms with van der Waals surface area (Å²) in [4.78, 5) is 12.2. The van der Waals surface area contributed by atoms with Gasteiger partial charge in [-0.15, -0.1) is 10.2 Å². The van der Waals surface area contributed by atoms with E-state index in [0.717, 1.165) is 17.1 Å². The molecule has 1 heterocycles. The Hall–Kier alpha value is -2.67. The van der Waals surface area contributed by atoms with Crippen LogP contribution < -0.4 is 5.32 Å². The predicted octanol–water partition coefficient (Wildman–Crippen LogP) is 4.00. The van der Waals surface area contributed by atoms with Gasteiger partial charge in [0, 0.05) is 17.6 Å². The number of thioether (sulfide) groups is 1. The van der Waals surface area contributed by atoms with Crippen molar-refractivity contribution in [2.75, 3.05) is 5.75 Å². The Bertz CT molecular complexity index is 933. The zero-order valence-corrected chi connectivity index (χ0v) is 17.0. The van der Waals surface area contributed by atoms with E-state index < -0.39 is 0 Å². The number of rotatable bonds is 6. The summed E-state index contributed by atoms with van der Waals surface area (Å²) in [5.74, 6) is 0.578. The molecule has 0 fully saturated rings. The maximum absolute atomic E-state index is 13.4. The third-order valence-electron chi connectivity index (χ3n) is 3.84. The molecular weight excluding hydrogens is 375 g/mol. The molecule has 28 heavy (non-hydrogen) atoms.